The number of rotatable bonds is 4. The Kier molecular flexibility index (Phi) is 5.27. The Hall–Kier alpha value is -2.09. The maximum absolute atomic E-state index is 13.8. The van der Waals surface area contributed by atoms with Crippen LogP contribution in [-0.2, 0) is 0 Å². The zero-order valence-electron chi connectivity index (χ0n) is 13.0. The van der Waals surface area contributed by atoms with Crippen molar-refractivity contribution in [2.75, 3.05) is 7.11 Å². The lowest BCUT2D eigenvalue weighted by atomic mass is 10.1. The van der Waals surface area contributed by atoms with Gasteiger partial charge in [0, 0.05) is 6.07 Å². The Balaban J connectivity index is 1.86. The monoisotopic (exact) mass is 459 g/mol. The second-order valence-electron chi connectivity index (χ2n) is 5.11. The summed E-state index contributed by atoms with van der Waals surface area (Å²) in [6.07, 6.45) is 0. The molecule has 3 rings (SSSR count). The maximum atomic E-state index is 13.8. The average Bonchev–Trinajstić information content (AvgIpc) is 2.64. The van der Waals surface area contributed by atoms with Crippen LogP contribution in [0.5, 0.6) is 5.75 Å². The summed E-state index contributed by atoms with van der Waals surface area (Å²) in [4.78, 5) is 0. The van der Waals surface area contributed by atoms with Gasteiger partial charge in [-0.15, -0.1) is 0 Å². The van der Waals surface area contributed by atoms with E-state index in [9.17, 15) is 17.6 Å². The molecule has 128 valence electrons. The number of methoxy groups -OCH3 is 1. The Morgan fingerprint density at radius 1 is 0.720 bits per heavy atom. The Bertz CT molecular complexity index is 867. The van der Waals surface area contributed by atoms with E-state index in [0.29, 0.717) is 3.57 Å². The zero-order chi connectivity index (χ0) is 18.0. The first kappa shape index (κ1) is 17.7. The largest absolute Gasteiger partial charge is 0.497 e. The number of hydrogen-bond acceptors (Lipinski definition) is 1. The molecule has 6 heteroatoms. The van der Waals surface area contributed by atoms with Crippen molar-refractivity contribution in [3.63, 3.8) is 0 Å². The molecule has 0 aliphatic carbocycles. The van der Waals surface area contributed by atoms with E-state index < -0.39 is 48.0 Å². The van der Waals surface area contributed by atoms with Crippen molar-refractivity contribution in [2.45, 2.75) is 0 Å². The van der Waals surface area contributed by atoms with Crippen LogP contribution < -0.4 is 25.9 Å². The predicted molar refractivity (Wildman–Crippen MR) is 82.1 cm³/mol. The van der Waals surface area contributed by atoms with E-state index in [4.69, 9.17) is 4.74 Å². The summed E-state index contributed by atoms with van der Waals surface area (Å²) in [5.41, 5.74) is 1.88. The van der Waals surface area contributed by atoms with Gasteiger partial charge in [-0.2, -0.15) is 8.78 Å². The third-order valence-electron chi connectivity index (χ3n) is 3.53. The number of hydrogen-bond donors (Lipinski definition) is 0. The molecule has 0 unspecified atom stereocenters. The smallest absolute Gasteiger partial charge is 0.364 e. The van der Waals surface area contributed by atoms with Gasteiger partial charge in [-0.05, 0) is 47.5 Å². The molecule has 0 saturated carbocycles. The molecule has 0 aliphatic rings. The van der Waals surface area contributed by atoms with Gasteiger partial charge in [-0.1, -0.05) is 12.1 Å². The second kappa shape index (κ2) is 7.43. The van der Waals surface area contributed by atoms with Gasteiger partial charge in [0.1, 0.15) is 5.75 Å². The zero-order valence-corrected chi connectivity index (χ0v) is 15.2. The van der Waals surface area contributed by atoms with Crippen LogP contribution in [0.15, 0.2) is 54.6 Å². The summed E-state index contributed by atoms with van der Waals surface area (Å²) in [6, 6.07) is 14.7. The quantitative estimate of drug-likeness (QED) is 0.251. The summed E-state index contributed by atoms with van der Waals surface area (Å²) in [5.74, 6) is -4.63. The van der Waals surface area contributed by atoms with Gasteiger partial charge >= 0.3 is 21.2 Å². The highest BCUT2D eigenvalue weighted by Crippen LogP contribution is 2.21. The van der Waals surface area contributed by atoms with E-state index in [2.05, 4.69) is 0 Å². The van der Waals surface area contributed by atoms with Crippen LogP contribution in [0.1, 0.15) is 0 Å². The van der Waals surface area contributed by atoms with Gasteiger partial charge in [0.05, 0.1) is 7.11 Å². The van der Waals surface area contributed by atoms with E-state index in [1.54, 1.807) is 19.2 Å². The fourth-order valence-corrected chi connectivity index (χ4v) is 4.56. The molecule has 0 spiro atoms. The Labute approximate surface area is 152 Å². The molecule has 0 amide bonds. The minimum absolute atomic E-state index is 0.227. The van der Waals surface area contributed by atoms with Crippen LogP contribution in [0.25, 0.3) is 11.1 Å². The second-order valence-corrected chi connectivity index (χ2v) is 7.98. The van der Waals surface area contributed by atoms with Crippen LogP contribution in [0.2, 0.25) is 0 Å². The molecule has 0 radical (unpaired) electrons. The molecule has 0 aromatic heterocycles. The van der Waals surface area contributed by atoms with E-state index in [-0.39, 0.29) is 6.07 Å². The molecule has 1 nitrogen and oxygen atoms in total. The van der Waals surface area contributed by atoms with Gasteiger partial charge in [0.2, 0.25) is 11.6 Å². The predicted octanol–water partition coefficient (Wildman–Crippen LogP) is 2.05. The SMILES string of the molecule is COc1ccc(-c2ccc([I+]c3c(F)c(F)cc(F)c3F)cc2)cc1. The van der Waals surface area contributed by atoms with Gasteiger partial charge in [0.15, 0.2) is 15.2 Å². The third-order valence-corrected chi connectivity index (χ3v) is 6.36. The van der Waals surface area contributed by atoms with E-state index in [1.807, 2.05) is 36.4 Å². The highest BCUT2D eigenvalue weighted by atomic mass is 127. The lowest BCUT2D eigenvalue weighted by Gasteiger charge is -2.03. The van der Waals surface area contributed by atoms with Crippen LogP contribution in [0.3, 0.4) is 0 Å². The molecular formula is C19H12F4IO+. The Morgan fingerprint density at radius 2 is 1.20 bits per heavy atom. The lowest BCUT2D eigenvalue weighted by molar-refractivity contribution is -0.603. The summed E-state index contributed by atoms with van der Waals surface area (Å²) in [7, 11) is 1.58. The van der Waals surface area contributed by atoms with Crippen LogP contribution >= 0.6 is 0 Å². The summed E-state index contributed by atoms with van der Waals surface area (Å²) < 4.78 is 59.4. The molecule has 0 bridgehead atoms. The standard InChI is InChI=1S/C19H12F4IO/c1-25-14-8-4-12(5-9-14)11-2-6-13(7-3-11)24-19-17(22)15(20)10-16(21)18(19)23/h2-10H,1H3/q+1. The fourth-order valence-electron chi connectivity index (χ4n) is 2.22. The molecule has 25 heavy (non-hydrogen) atoms. The van der Waals surface area contributed by atoms with Crippen LogP contribution in [0, 0.1) is 30.4 Å². The molecule has 0 N–H and O–H groups in total. The highest BCUT2D eigenvalue weighted by molar-refractivity contribution is 5.63. The summed E-state index contributed by atoms with van der Waals surface area (Å²) >= 11 is -1.39. The molecule has 3 aromatic rings. The number of ether oxygens (including phenoxy) is 1. The van der Waals surface area contributed by atoms with E-state index in [1.165, 1.54) is 0 Å². The van der Waals surface area contributed by atoms with Crippen molar-refractivity contribution in [3.05, 3.63) is 85.0 Å². The van der Waals surface area contributed by atoms with E-state index >= 15 is 0 Å². The van der Waals surface area contributed by atoms with Crippen molar-refractivity contribution >= 4 is 0 Å². The van der Waals surface area contributed by atoms with Crippen molar-refractivity contribution in [1.29, 1.82) is 0 Å². The maximum Gasteiger partial charge on any atom is 0.364 e. The minimum atomic E-state index is -1.39. The first-order valence-electron chi connectivity index (χ1n) is 7.22. The first-order valence-corrected chi connectivity index (χ1v) is 9.37. The van der Waals surface area contributed by atoms with Crippen molar-refractivity contribution in [1.82, 2.24) is 0 Å². The summed E-state index contributed by atoms with van der Waals surface area (Å²) in [6.45, 7) is 0. The number of halogens is 5. The normalized spacial score (nSPS) is 10.8. The summed E-state index contributed by atoms with van der Waals surface area (Å²) in [5, 5.41) is 0. The minimum Gasteiger partial charge on any atom is -0.497 e. The van der Waals surface area contributed by atoms with Crippen molar-refractivity contribution in [2.24, 2.45) is 0 Å². The fraction of sp³-hybridized carbons (Fsp3) is 0.0526. The molecule has 0 fully saturated rings. The Morgan fingerprint density at radius 3 is 1.68 bits per heavy atom. The molecular weight excluding hydrogens is 447 g/mol. The first-order chi connectivity index (χ1) is 12.0. The number of benzene rings is 3. The molecule has 3 aromatic carbocycles. The van der Waals surface area contributed by atoms with E-state index in [0.717, 1.165) is 16.9 Å². The van der Waals surface area contributed by atoms with Crippen LogP contribution in [-0.4, -0.2) is 7.11 Å². The average molecular weight is 459 g/mol. The van der Waals surface area contributed by atoms with Crippen molar-refractivity contribution in [3.8, 4) is 16.9 Å². The van der Waals surface area contributed by atoms with Gasteiger partial charge < -0.3 is 4.74 Å². The van der Waals surface area contributed by atoms with Crippen LogP contribution in [0.4, 0.5) is 17.6 Å². The van der Waals surface area contributed by atoms with Gasteiger partial charge in [-0.25, -0.2) is 8.78 Å². The molecule has 0 heterocycles. The third kappa shape index (κ3) is 3.78. The highest BCUT2D eigenvalue weighted by Gasteiger charge is 2.31. The topological polar surface area (TPSA) is 9.23 Å². The van der Waals surface area contributed by atoms with Crippen molar-refractivity contribution < 1.29 is 43.5 Å². The molecule has 0 saturated heterocycles. The molecule has 0 aliphatic heterocycles. The van der Waals surface area contributed by atoms with Gasteiger partial charge in [0.25, 0.3) is 3.57 Å². The van der Waals surface area contributed by atoms with Gasteiger partial charge in [-0.3, -0.25) is 0 Å². The lowest BCUT2D eigenvalue weighted by Crippen LogP contribution is -3.62. The molecule has 0 atom stereocenters.